The van der Waals surface area contributed by atoms with Crippen LogP contribution in [-0.2, 0) is 9.53 Å². The lowest BCUT2D eigenvalue weighted by atomic mass is 10.1. The summed E-state index contributed by atoms with van der Waals surface area (Å²) >= 11 is 10.5. The minimum absolute atomic E-state index is 0.00992. The van der Waals surface area contributed by atoms with E-state index in [4.69, 9.17) is 19.2 Å². The van der Waals surface area contributed by atoms with Crippen molar-refractivity contribution >= 4 is 70.9 Å². The lowest BCUT2D eigenvalue weighted by Gasteiger charge is -2.16. The molecule has 0 radical (unpaired) electrons. The fourth-order valence-corrected chi connectivity index (χ4v) is 4.63. The van der Waals surface area contributed by atoms with Crippen LogP contribution in [0.1, 0.15) is 51.4 Å². The molecule has 0 fully saturated rings. The predicted molar refractivity (Wildman–Crippen MR) is 151 cm³/mol. The van der Waals surface area contributed by atoms with E-state index < -0.39 is 5.97 Å². The van der Waals surface area contributed by atoms with Crippen LogP contribution in [0.25, 0.3) is 10.9 Å². The van der Waals surface area contributed by atoms with Crippen molar-refractivity contribution in [1.82, 2.24) is 9.66 Å². The molecule has 0 amide bonds. The maximum Gasteiger partial charge on any atom is 0.344 e. The number of fused-ring (bicyclic) bond motifs is 1. The Balaban J connectivity index is 2.10. The number of hydrogen-bond donors (Lipinski definition) is 0. The third kappa shape index (κ3) is 6.36. The number of benzene rings is 2. The van der Waals surface area contributed by atoms with Gasteiger partial charge in [-0.05, 0) is 76.4 Å². The molecule has 1 atom stereocenters. The van der Waals surface area contributed by atoms with E-state index in [0.29, 0.717) is 49.3 Å². The maximum absolute atomic E-state index is 13.4. The van der Waals surface area contributed by atoms with Gasteiger partial charge >= 0.3 is 5.97 Å². The summed E-state index contributed by atoms with van der Waals surface area (Å²) in [5.74, 6) is 0.858. The molecule has 11 heteroatoms. The second-order valence-electron chi connectivity index (χ2n) is 7.75. The molecule has 3 aromatic rings. The Morgan fingerprint density at radius 3 is 2.53 bits per heavy atom. The molecule has 8 nitrogen and oxygen atoms in total. The first kappa shape index (κ1) is 28.3. The first-order valence-corrected chi connectivity index (χ1v) is 13.8. The van der Waals surface area contributed by atoms with Gasteiger partial charge in [-0.3, -0.25) is 4.79 Å². The van der Waals surface area contributed by atoms with E-state index in [1.54, 1.807) is 25.3 Å². The average molecular weight is 688 g/mol. The van der Waals surface area contributed by atoms with Crippen molar-refractivity contribution in [2.24, 2.45) is 5.10 Å². The summed E-state index contributed by atoms with van der Waals surface area (Å²) in [4.78, 5) is 29.9. The molecule has 0 spiro atoms. The molecule has 0 aliphatic carbocycles. The number of halogens is 3. The number of ether oxygens (including phenoxy) is 3. The highest BCUT2D eigenvalue weighted by Gasteiger charge is 2.19. The molecule has 0 saturated carbocycles. The zero-order valence-corrected chi connectivity index (χ0v) is 25.1. The van der Waals surface area contributed by atoms with E-state index in [1.807, 2.05) is 32.9 Å². The Hall–Kier alpha value is -2.24. The Labute approximate surface area is 234 Å². The molecule has 0 N–H and O–H groups in total. The summed E-state index contributed by atoms with van der Waals surface area (Å²) in [5, 5.41) is 5.00. The second kappa shape index (κ2) is 12.8. The third-order valence-electron chi connectivity index (χ3n) is 5.29. The molecule has 0 aliphatic rings. The summed E-state index contributed by atoms with van der Waals surface area (Å²) in [6, 6.07) is 7.14. The molecule has 3 rings (SSSR count). The van der Waals surface area contributed by atoms with Crippen LogP contribution in [0.5, 0.6) is 11.5 Å². The summed E-state index contributed by atoms with van der Waals surface area (Å²) < 4.78 is 19.7. The fourth-order valence-electron chi connectivity index (χ4n) is 3.33. The van der Waals surface area contributed by atoms with Crippen molar-refractivity contribution in [1.29, 1.82) is 0 Å². The number of rotatable bonds is 10. The van der Waals surface area contributed by atoms with Crippen LogP contribution < -0.4 is 15.0 Å². The minimum atomic E-state index is -0.485. The molecular formula is C25H26Br3N3O5. The van der Waals surface area contributed by atoms with E-state index in [0.717, 1.165) is 10.9 Å². The van der Waals surface area contributed by atoms with Crippen molar-refractivity contribution in [3.63, 3.8) is 0 Å². The smallest absolute Gasteiger partial charge is 0.344 e. The first-order chi connectivity index (χ1) is 17.2. The summed E-state index contributed by atoms with van der Waals surface area (Å²) in [6.07, 6.45) is 2.35. The van der Waals surface area contributed by atoms with Crippen molar-refractivity contribution in [2.45, 2.75) is 40.0 Å². The summed E-state index contributed by atoms with van der Waals surface area (Å²) in [7, 11) is 0. The van der Waals surface area contributed by atoms with Gasteiger partial charge in [0.2, 0.25) is 0 Å². The Kier molecular flexibility index (Phi) is 10.1. The Morgan fingerprint density at radius 1 is 1.11 bits per heavy atom. The standard InChI is InChI=1S/C25H26Br3N3O5/c1-5-14(4)24-30-18-9-8-16(26)11-17(18)25(33)31(24)29-12-15-10-19(34-6-2)23(22(28)21(15)27)36-13-20(32)35-7-3/h8-12,14H,5-7,13H2,1-4H3/t14-/m1/s1. The molecule has 0 bridgehead atoms. The van der Waals surface area contributed by atoms with E-state index in [2.05, 4.69) is 52.9 Å². The molecule has 0 saturated heterocycles. The lowest BCUT2D eigenvalue weighted by Crippen LogP contribution is -2.23. The van der Waals surface area contributed by atoms with Gasteiger partial charge in [-0.15, -0.1) is 0 Å². The van der Waals surface area contributed by atoms with Crippen LogP contribution in [0.4, 0.5) is 0 Å². The fraction of sp³-hybridized carbons (Fsp3) is 0.360. The zero-order chi connectivity index (χ0) is 26.4. The van der Waals surface area contributed by atoms with Crippen LogP contribution in [-0.4, -0.2) is 41.7 Å². The van der Waals surface area contributed by atoms with Crippen molar-refractivity contribution < 1.29 is 19.0 Å². The van der Waals surface area contributed by atoms with E-state index in [1.165, 1.54) is 4.68 Å². The number of esters is 1. The summed E-state index contributed by atoms with van der Waals surface area (Å²) in [5.41, 5.74) is 0.989. The van der Waals surface area contributed by atoms with Crippen molar-refractivity contribution in [3.05, 3.63) is 59.4 Å². The van der Waals surface area contributed by atoms with E-state index >= 15 is 0 Å². The van der Waals surface area contributed by atoms with Gasteiger partial charge in [-0.1, -0.05) is 29.8 Å². The number of carbonyl (C=O) groups is 1. The molecule has 0 aliphatic heterocycles. The minimum Gasteiger partial charge on any atom is -0.490 e. The van der Waals surface area contributed by atoms with Crippen LogP contribution in [0.15, 0.2) is 47.6 Å². The highest BCUT2D eigenvalue weighted by molar-refractivity contribution is 9.13. The molecule has 36 heavy (non-hydrogen) atoms. The predicted octanol–water partition coefficient (Wildman–Crippen LogP) is 6.42. The monoisotopic (exact) mass is 685 g/mol. The molecule has 192 valence electrons. The number of carbonyl (C=O) groups excluding carboxylic acids is 1. The average Bonchev–Trinajstić information content (AvgIpc) is 2.86. The molecule has 1 heterocycles. The normalized spacial score (nSPS) is 12.2. The van der Waals surface area contributed by atoms with Gasteiger partial charge in [-0.25, -0.2) is 9.78 Å². The zero-order valence-electron chi connectivity index (χ0n) is 20.3. The van der Waals surface area contributed by atoms with Crippen LogP contribution >= 0.6 is 47.8 Å². The van der Waals surface area contributed by atoms with E-state index in [9.17, 15) is 9.59 Å². The largest absolute Gasteiger partial charge is 0.490 e. The number of aromatic nitrogens is 2. The molecule has 2 aromatic carbocycles. The first-order valence-electron chi connectivity index (χ1n) is 11.4. The van der Waals surface area contributed by atoms with Crippen molar-refractivity contribution in [2.75, 3.05) is 19.8 Å². The number of hydrogen-bond acceptors (Lipinski definition) is 7. The van der Waals surface area contributed by atoms with E-state index in [-0.39, 0.29) is 24.7 Å². The van der Waals surface area contributed by atoms with Gasteiger partial charge in [-0.2, -0.15) is 9.78 Å². The van der Waals surface area contributed by atoms with Crippen molar-refractivity contribution in [3.8, 4) is 11.5 Å². The van der Waals surface area contributed by atoms with Gasteiger partial charge in [0.1, 0.15) is 5.82 Å². The Bertz CT molecular complexity index is 1360. The van der Waals surface area contributed by atoms with Crippen LogP contribution in [0.3, 0.4) is 0 Å². The quantitative estimate of drug-likeness (QED) is 0.181. The molecule has 1 aromatic heterocycles. The lowest BCUT2D eigenvalue weighted by molar-refractivity contribution is -0.145. The highest BCUT2D eigenvalue weighted by Crippen LogP contribution is 2.42. The molecule has 0 unspecified atom stereocenters. The highest BCUT2D eigenvalue weighted by atomic mass is 79.9. The van der Waals surface area contributed by atoms with Gasteiger partial charge in [0.15, 0.2) is 18.1 Å². The van der Waals surface area contributed by atoms with Gasteiger partial charge in [0.05, 0.1) is 34.8 Å². The van der Waals surface area contributed by atoms with Gasteiger partial charge < -0.3 is 14.2 Å². The number of nitrogens with zero attached hydrogens (tertiary/aromatic N) is 3. The molecular weight excluding hydrogens is 662 g/mol. The van der Waals surface area contributed by atoms with Gasteiger partial charge in [0, 0.05) is 20.4 Å². The Morgan fingerprint density at radius 2 is 1.86 bits per heavy atom. The topological polar surface area (TPSA) is 92.0 Å². The summed E-state index contributed by atoms with van der Waals surface area (Å²) in [6.45, 7) is 7.99. The SMILES string of the molecule is CCOC(=O)COc1c(OCC)cc(C=Nn2c([C@H](C)CC)nc3ccc(Br)cc3c2=O)c(Br)c1Br. The maximum atomic E-state index is 13.4. The van der Waals surface area contributed by atoms with Gasteiger partial charge in [0.25, 0.3) is 5.56 Å². The second-order valence-corrected chi connectivity index (χ2v) is 10.3. The third-order valence-corrected chi connectivity index (χ3v) is 7.93. The van der Waals surface area contributed by atoms with Crippen LogP contribution in [0.2, 0.25) is 0 Å². The van der Waals surface area contributed by atoms with Crippen LogP contribution in [0, 0.1) is 0 Å².